The number of amides is 2. The average Bonchev–Trinajstić information content (AvgIpc) is 2.46. The molecular weight excluding hydrogens is 394 g/mol. The highest BCUT2D eigenvalue weighted by molar-refractivity contribution is 7.99. The maximum absolute atomic E-state index is 14.3. The fourth-order valence-electron chi connectivity index (χ4n) is 1.78. The molecule has 1 aromatic carbocycles. The quantitative estimate of drug-likeness (QED) is 0.277. The molecule has 0 bridgehead atoms. The summed E-state index contributed by atoms with van der Waals surface area (Å²) < 4.78 is 52.1. The van der Waals surface area contributed by atoms with Crippen LogP contribution in [0.15, 0.2) is 40.8 Å². The Morgan fingerprint density at radius 1 is 1.27 bits per heavy atom. The van der Waals surface area contributed by atoms with E-state index in [-0.39, 0.29) is 11.1 Å². The summed E-state index contributed by atoms with van der Waals surface area (Å²) in [6.07, 6.45) is -4.49. The fourth-order valence-corrected chi connectivity index (χ4v) is 2.88. The van der Waals surface area contributed by atoms with Crippen molar-refractivity contribution in [3.8, 4) is 0 Å². The Kier molecular flexibility index (Phi) is 7.46. The molecular formula is C17H16ClF4NO2S. The lowest BCUT2D eigenvalue weighted by Crippen LogP contribution is -2.35. The van der Waals surface area contributed by atoms with Gasteiger partial charge in [-0.15, -0.1) is 11.8 Å². The highest BCUT2D eigenvalue weighted by Gasteiger charge is 2.32. The van der Waals surface area contributed by atoms with Gasteiger partial charge in [-0.3, -0.25) is 9.59 Å². The number of thioether (sulfide) groups is 1. The van der Waals surface area contributed by atoms with E-state index >= 15 is 0 Å². The third-order valence-electron chi connectivity index (χ3n) is 3.04. The second kappa shape index (κ2) is 8.73. The van der Waals surface area contributed by atoms with E-state index in [2.05, 4.69) is 6.58 Å². The number of alkyl halides is 3. The molecule has 142 valence electrons. The maximum atomic E-state index is 14.3. The molecule has 0 unspecified atom stereocenters. The highest BCUT2D eigenvalue weighted by Crippen LogP contribution is 2.35. The third-order valence-corrected chi connectivity index (χ3v) is 4.75. The van der Waals surface area contributed by atoms with E-state index in [1.54, 1.807) is 6.92 Å². The van der Waals surface area contributed by atoms with Gasteiger partial charge in [0.15, 0.2) is 0 Å². The Bertz CT molecular complexity index is 775. The van der Waals surface area contributed by atoms with Crippen molar-refractivity contribution in [2.75, 3.05) is 10.7 Å². The van der Waals surface area contributed by atoms with E-state index in [0.717, 1.165) is 24.6 Å². The second-order valence-electron chi connectivity index (χ2n) is 5.50. The summed E-state index contributed by atoms with van der Waals surface area (Å²) >= 11 is 7.15. The molecule has 2 amide bonds. The van der Waals surface area contributed by atoms with Gasteiger partial charge in [0.2, 0.25) is 5.91 Å². The van der Waals surface area contributed by atoms with Crippen molar-refractivity contribution in [3.63, 3.8) is 0 Å². The van der Waals surface area contributed by atoms with Crippen molar-refractivity contribution in [1.82, 2.24) is 0 Å². The van der Waals surface area contributed by atoms with E-state index in [4.69, 9.17) is 11.6 Å². The number of imide groups is 1. The molecule has 0 spiro atoms. The summed E-state index contributed by atoms with van der Waals surface area (Å²) in [5.74, 6) is -2.79. The lowest BCUT2D eigenvalue weighted by Gasteiger charge is -2.20. The first-order valence-corrected chi connectivity index (χ1v) is 8.57. The lowest BCUT2D eigenvalue weighted by molar-refractivity contribution is -0.123. The van der Waals surface area contributed by atoms with Gasteiger partial charge in [-0.1, -0.05) is 23.8 Å². The SMILES string of the molecule is C=C(C)CSc1cc(N(C(C)=O)C(=O)/C=C(\C)C(F)(F)F)c(F)cc1Cl. The van der Waals surface area contributed by atoms with E-state index in [9.17, 15) is 27.2 Å². The van der Waals surface area contributed by atoms with Crippen LogP contribution in [-0.4, -0.2) is 23.7 Å². The normalized spacial score (nSPS) is 12.1. The van der Waals surface area contributed by atoms with Gasteiger partial charge < -0.3 is 0 Å². The van der Waals surface area contributed by atoms with Gasteiger partial charge in [0.05, 0.1) is 10.7 Å². The van der Waals surface area contributed by atoms with E-state index in [0.29, 0.717) is 22.5 Å². The Labute approximate surface area is 157 Å². The Balaban J connectivity index is 3.37. The summed E-state index contributed by atoms with van der Waals surface area (Å²) in [6.45, 7) is 7.11. The van der Waals surface area contributed by atoms with Crippen LogP contribution in [0.1, 0.15) is 20.8 Å². The second-order valence-corrected chi connectivity index (χ2v) is 6.92. The van der Waals surface area contributed by atoms with Gasteiger partial charge in [0.1, 0.15) is 5.82 Å². The van der Waals surface area contributed by atoms with Crippen molar-refractivity contribution in [2.24, 2.45) is 0 Å². The van der Waals surface area contributed by atoms with Crippen LogP contribution >= 0.6 is 23.4 Å². The number of nitrogens with zero attached hydrogens (tertiary/aromatic N) is 1. The molecule has 3 nitrogen and oxygen atoms in total. The molecule has 0 aliphatic carbocycles. The molecule has 0 radical (unpaired) electrons. The van der Waals surface area contributed by atoms with Crippen LogP contribution in [0.4, 0.5) is 23.2 Å². The molecule has 0 saturated carbocycles. The molecule has 1 aromatic rings. The minimum Gasteiger partial charge on any atom is -0.274 e. The highest BCUT2D eigenvalue weighted by atomic mass is 35.5. The van der Waals surface area contributed by atoms with Crippen LogP contribution in [-0.2, 0) is 9.59 Å². The van der Waals surface area contributed by atoms with Crippen molar-refractivity contribution in [2.45, 2.75) is 31.8 Å². The summed E-state index contributed by atoms with van der Waals surface area (Å²) in [5.41, 5.74) is -0.873. The number of anilines is 1. The van der Waals surface area contributed by atoms with Gasteiger partial charge in [0.25, 0.3) is 5.91 Å². The molecule has 9 heteroatoms. The number of allylic oxidation sites excluding steroid dienone is 1. The maximum Gasteiger partial charge on any atom is 0.412 e. The molecule has 0 aliphatic heterocycles. The summed E-state index contributed by atoms with van der Waals surface area (Å²) in [4.78, 5) is 24.7. The number of hydrogen-bond acceptors (Lipinski definition) is 3. The fraction of sp³-hybridized carbons (Fsp3) is 0.294. The van der Waals surface area contributed by atoms with Gasteiger partial charge >= 0.3 is 6.18 Å². The average molecular weight is 410 g/mol. The monoisotopic (exact) mass is 409 g/mol. The molecule has 1 rings (SSSR count). The molecule has 26 heavy (non-hydrogen) atoms. The lowest BCUT2D eigenvalue weighted by atomic mass is 10.2. The van der Waals surface area contributed by atoms with Crippen LogP contribution < -0.4 is 4.90 Å². The number of carbonyl (C=O) groups is 2. The zero-order chi connectivity index (χ0) is 20.2. The molecule has 0 atom stereocenters. The van der Waals surface area contributed by atoms with Crippen LogP contribution in [0.2, 0.25) is 5.02 Å². The number of benzene rings is 1. The molecule has 0 aromatic heterocycles. The third kappa shape index (κ3) is 5.88. The number of carbonyl (C=O) groups excluding carboxylic acids is 2. The van der Waals surface area contributed by atoms with E-state index in [1.807, 2.05) is 0 Å². The minimum atomic E-state index is -4.74. The number of hydrogen-bond donors (Lipinski definition) is 0. The van der Waals surface area contributed by atoms with Crippen molar-refractivity contribution >= 4 is 40.9 Å². The van der Waals surface area contributed by atoms with Gasteiger partial charge in [0, 0.05) is 29.2 Å². The molecule has 0 fully saturated rings. The first-order chi connectivity index (χ1) is 11.8. The zero-order valence-electron chi connectivity index (χ0n) is 14.2. The van der Waals surface area contributed by atoms with Crippen molar-refractivity contribution in [3.05, 3.63) is 46.8 Å². The predicted octanol–water partition coefficient (Wildman–Crippen LogP) is 5.54. The molecule has 0 aliphatic rings. The van der Waals surface area contributed by atoms with E-state index < -0.39 is 35.1 Å². The molecule has 0 N–H and O–H groups in total. The summed E-state index contributed by atoms with van der Waals surface area (Å²) in [6, 6.07) is 2.06. The van der Waals surface area contributed by atoms with Gasteiger partial charge in [-0.2, -0.15) is 13.2 Å². The zero-order valence-corrected chi connectivity index (χ0v) is 15.8. The summed E-state index contributed by atoms with van der Waals surface area (Å²) in [7, 11) is 0. The van der Waals surface area contributed by atoms with Crippen molar-refractivity contribution in [1.29, 1.82) is 0 Å². The topological polar surface area (TPSA) is 37.4 Å². The summed E-state index contributed by atoms with van der Waals surface area (Å²) in [5, 5.41) is 0.0514. The van der Waals surface area contributed by atoms with Gasteiger partial charge in [-0.05, 0) is 26.0 Å². The predicted molar refractivity (Wildman–Crippen MR) is 94.9 cm³/mol. The van der Waals surface area contributed by atoms with Crippen LogP contribution in [0.3, 0.4) is 0 Å². The van der Waals surface area contributed by atoms with Crippen LogP contribution in [0, 0.1) is 5.82 Å². The molecule has 0 saturated heterocycles. The largest absolute Gasteiger partial charge is 0.412 e. The molecule has 0 heterocycles. The first-order valence-electron chi connectivity index (χ1n) is 7.21. The first kappa shape index (κ1) is 22.2. The number of halogens is 5. The number of rotatable bonds is 5. The Morgan fingerprint density at radius 3 is 2.31 bits per heavy atom. The smallest absolute Gasteiger partial charge is 0.274 e. The van der Waals surface area contributed by atoms with Crippen molar-refractivity contribution < 1.29 is 27.2 Å². The van der Waals surface area contributed by atoms with Crippen LogP contribution in [0.5, 0.6) is 0 Å². The van der Waals surface area contributed by atoms with E-state index in [1.165, 1.54) is 11.8 Å². The Morgan fingerprint density at radius 2 is 1.85 bits per heavy atom. The van der Waals surface area contributed by atoms with Gasteiger partial charge in [-0.25, -0.2) is 9.29 Å². The van der Waals surface area contributed by atoms with Crippen LogP contribution in [0.25, 0.3) is 0 Å². The standard InChI is InChI=1S/C17H16ClF4NO2S/c1-9(2)8-26-15-7-14(13(19)6-12(15)18)23(11(4)24)16(25)5-10(3)17(20,21)22/h5-7H,1,8H2,2-4H3/b10-5+. The Hall–Kier alpha value is -1.80. The minimum absolute atomic E-state index is 0.0514.